The van der Waals surface area contributed by atoms with Crippen molar-refractivity contribution in [2.24, 2.45) is 0 Å². The van der Waals surface area contributed by atoms with Crippen LogP contribution in [0.1, 0.15) is 49.1 Å². The standard InChI is InChI=1S/C27H35N3O2/c1-4-27(31)28-15-9-5-6-14-26-29-24-12-7-8-13-25(24)30(26)16-10-11-17-32-23-19-21(2)18-22(3)20-23/h4,7-8,12-13,18-20H,1,5-6,9-11,14-17H2,2-3H3,(H,28,31). The summed E-state index contributed by atoms with van der Waals surface area (Å²) in [6.45, 7) is 10.0. The molecule has 0 aliphatic carbocycles. The lowest BCUT2D eigenvalue weighted by Crippen LogP contribution is -2.21. The molecule has 3 rings (SSSR count). The van der Waals surface area contributed by atoms with E-state index in [1.807, 2.05) is 6.07 Å². The third kappa shape index (κ3) is 6.98. The summed E-state index contributed by atoms with van der Waals surface area (Å²) in [6.07, 6.45) is 7.40. The third-order valence-corrected chi connectivity index (χ3v) is 5.54. The van der Waals surface area contributed by atoms with Gasteiger partial charge in [0.15, 0.2) is 0 Å². The van der Waals surface area contributed by atoms with Crippen LogP contribution in [0.2, 0.25) is 0 Å². The van der Waals surface area contributed by atoms with E-state index in [2.05, 4.69) is 66.7 Å². The van der Waals surface area contributed by atoms with Crippen molar-refractivity contribution in [2.75, 3.05) is 13.2 Å². The lowest BCUT2D eigenvalue weighted by atomic mass is 10.1. The lowest BCUT2D eigenvalue weighted by molar-refractivity contribution is -0.116. The number of rotatable bonds is 13. The van der Waals surface area contributed by atoms with Crippen molar-refractivity contribution in [1.82, 2.24) is 14.9 Å². The fourth-order valence-electron chi connectivity index (χ4n) is 4.01. The first-order valence-electron chi connectivity index (χ1n) is 11.6. The van der Waals surface area contributed by atoms with Crippen LogP contribution in [0.5, 0.6) is 5.75 Å². The van der Waals surface area contributed by atoms with Gasteiger partial charge in [0.25, 0.3) is 0 Å². The van der Waals surface area contributed by atoms with Crippen LogP contribution in [0, 0.1) is 13.8 Å². The molecule has 0 spiro atoms. The minimum absolute atomic E-state index is 0.103. The molecule has 0 bridgehead atoms. The van der Waals surface area contributed by atoms with Gasteiger partial charge in [0.2, 0.25) is 5.91 Å². The molecule has 2 aromatic carbocycles. The van der Waals surface area contributed by atoms with Crippen molar-refractivity contribution in [3.05, 3.63) is 72.1 Å². The van der Waals surface area contributed by atoms with E-state index < -0.39 is 0 Å². The quantitative estimate of drug-likeness (QED) is 0.285. The maximum atomic E-state index is 11.2. The summed E-state index contributed by atoms with van der Waals surface area (Å²) in [4.78, 5) is 16.1. The van der Waals surface area contributed by atoms with Crippen LogP contribution < -0.4 is 10.1 Å². The van der Waals surface area contributed by atoms with Gasteiger partial charge in [-0.1, -0.05) is 31.2 Å². The van der Waals surface area contributed by atoms with E-state index in [1.165, 1.54) is 22.7 Å². The van der Waals surface area contributed by atoms with Crippen molar-refractivity contribution in [1.29, 1.82) is 0 Å². The molecule has 5 nitrogen and oxygen atoms in total. The van der Waals surface area contributed by atoms with E-state index in [4.69, 9.17) is 9.72 Å². The zero-order valence-electron chi connectivity index (χ0n) is 19.4. The maximum Gasteiger partial charge on any atom is 0.243 e. The Morgan fingerprint density at radius 2 is 1.84 bits per heavy atom. The molecule has 1 aromatic heterocycles. The fourth-order valence-corrected chi connectivity index (χ4v) is 4.01. The summed E-state index contributed by atoms with van der Waals surface area (Å²) < 4.78 is 8.34. The zero-order valence-corrected chi connectivity index (χ0v) is 19.4. The second kappa shape index (κ2) is 12.1. The van der Waals surface area contributed by atoms with Gasteiger partial charge in [0.1, 0.15) is 11.6 Å². The van der Waals surface area contributed by atoms with Gasteiger partial charge in [-0.3, -0.25) is 4.79 Å². The smallest absolute Gasteiger partial charge is 0.243 e. The zero-order chi connectivity index (χ0) is 22.8. The van der Waals surface area contributed by atoms with Gasteiger partial charge in [-0.15, -0.1) is 0 Å². The first-order chi connectivity index (χ1) is 15.6. The second-order valence-electron chi connectivity index (χ2n) is 8.35. The number of hydrogen-bond acceptors (Lipinski definition) is 3. The number of aromatic nitrogens is 2. The molecule has 32 heavy (non-hydrogen) atoms. The van der Waals surface area contributed by atoms with E-state index >= 15 is 0 Å². The molecule has 0 aliphatic rings. The summed E-state index contributed by atoms with van der Waals surface area (Å²) in [6, 6.07) is 14.7. The highest BCUT2D eigenvalue weighted by atomic mass is 16.5. The molecule has 170 valence electrons. The fraction of sp³-hybridized carbons (Fsp3) is 0.407. The molecule has 0 aliphatic heterocycles. The molecule has 1 amide bonds. The van der Waals surface area contributed by atoms with E-state index in [1.54, 1.807) is 0 Å². The molecule has 0 unspecified atom stereocenters. The van der Waals surface area contributed by atoms with Gasteiger partial charge >= 0.3 is 0 Å². The van der Waals surface area contributed by atoms with Crippen molar-refractivity contribution in [2.45, 2.75) is 58.9 Å². The molecule has 0 atom stereocenters. The predicted molar refractivity (Wildman–Crippen MR) is 131 cm³/mol. The minimum atomic E-state index is -0.103. The van der Waals surface area contributed by atoms with Crippen molar-refractivity contribution in [3.63, 3.8) is 0 Å². The summed E-state index contributed by atoms with van der Waals surface area (Å²) in [7, 11) is 0. The first-order valence-corrected chi connectivity index (χ1v) is 11.6. The van der Waals surface area contributed by atoms with Gasteiger partial charge in [-0.2, -0.15) is 0 Å². The monoisotopic (exact) mass is 433 g/mol. The van der Waals surface area contributed by atoms with Crippen LogP contribution in [0.3, 0.4) is 0 Å². The number of carbonyl (C=O) groups is 1. The number of para-hydroxylation sites is 2. The van der Waals surface area contributed by atoms with Crippen LogP contribution in [-0.4, -0.2) is 28.6 Å². The van der Waals surface area contributed by atoms with Gasteiger partial charge in [0.05, 0.1) is 17.6 Å². The van der Waals surface area contributed by atoms with E-state index in [0.717, 1.165) is 68.8 Å². The van der Waals surface area contributed by atoms with Gasteiger partial charge in [0, 0.05) is 19.5 Å². The Labute approximate surface area is 191 Å². The number of ether oxygens (including phenoxy) is 1. The molecule has 0 fully saturated rings. The number of hydrogen-bond donors (Lipinski definition) is 1. The minimum Gasteiger partial charge on any atom is -0.494 e. The van der Waals surface area contributed by atoms with Crippen LogP contribution in [-0.2, 0) is 17.8 Å². The molecule has 1 heterocycles. The second-order valence-corrected chi connectivity index (χ2v) is 8.35. The molecule has 0 saturated heterocycles. The molecule has 3 aromatic rings. The Morgan fingerprint density at radius 1 is 1.06 bits per heavy atom. The lowest BCUT2D eigenvalue weighted by Gasteiger charge is -2.11. The van der Waals surface area contributed by atoms with E-state index in [9.17, 15) is 4.79 Å². The molecule has 0 radical (unpaired) electrons. The highest BCUT2D eigenvalue weighted by molar-refractivity contribution is 5.86. The van der Waals surface area contributed by atoms with Crippen molar-refractivity contribution in [3.8, 4) is 5.75 Å². The van der Waals surface area contributed by atoms with Gasteiger partial charge in [-0.25, -0.2) is 4.98 Å². The van der Waals surface area contributed by atoms with Crippen molar-refractivity contribution >= 4 is 16.9 Å². The van der Waals surface area contributed by atoms with Crippen molar-refractivity contribution < 1.29 is 9.53 Å². The van der Waals surface area contributed by atoms with E-state index in [0.29, 0.717) is 6.54 Å². The summed E-state index contributed by atoms with van der Waals surface area (Å²) in [5.41, 5.74) is 4.73. The summed E-state index contributed by atoms with van der Waals surface area (Å²) in [5, 5.41) is 2.83. The number of fused-ring (bicyclic) bond motifs is 1. The number of imidazole rings is 1. The van der Waals surface area contributed by atoms with Crippen LogP contribution >= 0.6 is 0 Å². The maximum absolute atomic E-state index is 11.2. The highest BCUT2D eigenvalue weighted by Gasteiger charge is 2.10. The Morgan fingerprint density at radius 3 is 2.62 bits per heavy atom. The molecular weight excluding hydrogens is 398 g/mol. The normalized spacial score (nSPS) is 10.9. The van der Waals surface area contributed by atoms with Crippen LogP contribution in [0.15, 0.2) is 55.1 Å². The largest absolute Gasteiger partial charge is 0.494 e. The average Bonchev–Trinajstić information content (AvgIpc) is 3.12. The predicted octanol–water partition coefficient (Wildman–Crippen LogP) is 5.53. The van der Waals surface area contributed by atoms with Crippen LogP contribution in [0.4, 0.5) is 0 Å². The van der Waals surface area contributed by atoms with Crippen LogP contribution in [0.25, 0.3) is 11.0 Å². The number of benzene rings is 2. The molecule has 5 heteroatoms. The number of unbranched alkanes of at least 4 members (excludes halogenated alkanes) is 3. The Bertz CT molecular complexity index is 1020. The summed E-state index contributed by atoms with van der Waals surface area (Å²) >= 11 is 0. The van der Waals surface area contributed by atoms with Gasteiger partial charge in [-0.05, 0) is 81.0 Å². The van der Waals surface area contributed by atoms with E-state index in [-0.39, 0.29) is 5.91 Å². The molecule has 0 saturated carbocycles. The number of carbonyl (C=O) groups excluding carboxylic acids is 1. The summed E-state index contributed by atoms with van der Waals surface area (Å²) in [5.74, 6) is 2.01. The third-order valence-electron chi connectivity index (χ3n) is 5.54. The van der Waals surface area contributed by atoms with Gasteiger partial charge < -0.3 is 14.6 Å². The topological polar surface area (TPSA) is 56.2 Å². The molecule has 1 N–H and O–H groups in total. The Kier molecular flexibility index (Phi) is 8.90. The molecular formula is C27H35N3O2. The number of aryl methyl sites for hydroxylation is 4. The Balaban J connectivity index is 1.49. The SMILES string of the molecule is C=CC(=O)NCCCCCc1nc2ccccc2n1CCCCOc1cc(C)cc(C)c1. The number of nitrogens with zero attached hydrogens (tertiary/aromatic N) is 2. The highest BCUT2D eigenvalue weighted by Crippen LogP contribution is 2.20. The Hall–Kier alpha value is -3.08. The first kappa shape index (κ1) is 23.6. The average molecular weight is 434 g/mol. The number of nitrogens with one attached hydrogen (secondary N) is 1. The number of amides is 1.